The first-order valence-electron chi connectivity index (χ1n) is 7.71. The van der Waals surface area contributed by atoms with Gasteiger partial charge in [0.2, 0.25) is 0 Å². The normalized spacial score (nSPS) is 12.2. The maximum Gasteiger partial charge on any atom is 0.416 e. The van der Waals surface area contributed by atoms with Gasteiger partial charge in [-0.15, -0.1) is 10.2 Å². The zero-order chi connectivity index (χ0) is 18.6. The van der Waals surface area contributed by atoms with Crippen LogP contribution in [0.4, 0.5) is 18.9 Å². The highest BCUT2D eigenvalue weighted by molar-refractivity contribution is 6.05. The number of fused-ring (bicyclic) bond motifs is 3. The molecule has 0 amide bonds. The SMILES string of the molecule is Cc1nnc2c(N)c(-c3ccc(C(F)(F)F)cc3)c3cc(O)ccc3n12. The lowest BCUT2D eigenvalue weighted by Gasteiger charge is -2.14. The van der Waals surface area contributed by atoms with E-state index in [4.69, 9.17) is 5.73 Å². The number of nitrogen functional groups attached to an aromatic ring is 1. The van der Waals surface area contributed by atoms with E-state index in [0.717, 1.165) is 12.1 Å². The van der Waals surface area contributed by atoms with Crippen LogP contribution in [-0.2, 0) is 6.18 Å². The fraction of sp³-hybridized carbons (Fsp3) is 0.111. The van der Waals surface area contributed by atoms with Crippen LogP contribution in [0.5, 0.6) is 5.75 Å². The van der Waals surface area contributed by atoms with Crippen LogP contribution in [0.25, 0.3) is 27.7 Å². The van der Waals surface area contributed by atoms with E-state index in [2.05, 4.69) is 10.2 Å². The summed E-state index contributed by atoms with van der Waals surface area (Å²) in [6, 6.07) is 9.47. The molecule has 0 bridgehead atoms. The molecule has 0 radical (unpaired) electrons. The van der Waals surface area contributed by atoms with E-state index in [0.29, 0.717) is 33.5 Å². The molecule has 2 aromatic carbocycles. The molecule has 0 saturated carbocycles. The third-order valence-corrected chi connectivity index (χ3v) is 4.33. The number of aromatic hydroxyl groups is 1. The maximum atomic E-state index is 12.8. The predicted octanol–water partition coefficient (Wildman–Crippen LogP) is 4.16. The number of aromatic nitrogens is 3. The standard InChI is InChI=1S/C18H13F3N4O/c1-9-23-24-17-16(22)15(10-2-4-11(5-3-10)18(19,20)21)13-8-12(26)6-7-14(13)25(9)17/h2-8,26H,22H2,1H3. The van der Waals surface area contributed by atoms with Crippen molar-refractivity contribution in [2.24, 2.45) is 0 Å². The second kappa shape index (κ2) is 5.35. The molecular formula is C18H13F3N4O. The smallest absolute Gasteiger partial charge is 0.416 e. The number of hydrogen-bond donors (Lipinski definition) is 2. The van der Waals surface area contributed by atoms with Gasteiger partial charge in [0, 0.05) is 10.9 Å². The van der Waals surface area contributed by atoms with Crippen LogP contribution in [0.3, 0.4) is 0 Å². The number of phenols is 1. The summed E-state index contributed by atoms with van der Waals surface area (Å²) in [5, 5.41) is 18.6. The van der Waals surface area contributed by atoms with E-state index in [-0.39, 0.29) is 11.4 Å². The second-order valence-corrected chi connectivity index (χ2v) is 5.97. The molecule has 5 nitrogen and oxygen atoms in total. The lowest BCUT2D eigenvalue weighted by Crippen LogP contribution is -2.04. The molecule has 0 aliphatic heterocycles. The van der Waals surface area contributed by atoms with Crippen LogP contribution in [-0.4, -0.2) is 19.7 Å². The molecule has 0 aliphatic rings. The van der Waals surface area contributed by atoms with E-state index >= 15 is 0 Å². The van der Waals surface area contributed by atoms with Gasteiger partial charge in [-0.05, 0) is 42.8 Å². The zero-order valence-electron chi connectivity index (χ0n) is 13.5. The molecule has 2 aromatic heterocycles. The average Bonchev–Trinajstić information content (AvgIpc) is 2.97. The number of alkyl halides is 3. The number of pyridine rings is 1. The van der Waals surface area contributed by atoms with Crippen LogP contribution in [0.15, 0.2) is 42.5 Å². The highest BCUT2D eigenvalue weighted by atomic mass is 19.4. The molecule has 4 aromatic rings. The molecule has 0 aliphatic carbocycles. The number of aryl methyl sites for hydroxylation is 1. The third-order valence-electron chi connectivity index (χ3n) is 4.33. The molecule has 0 fully saturated rings. The minimum absolute atomic E-state index is 0.0233. The number of halogens is 3. The van der Waals surface area contributed by atoms with Gasteiger partial charge in [0.1, 0.15) is 11.6 Å². The molecule has 8 heteroatoms. The largest absolute Gasteiger partial charge is 0.508 e. The van der Waals surface area contributed by atoms with Gasteiger partial charge in [0.15, 0.2) is 5.65 Å². The second-order valence-electron chi connectivity index (χ2n) is 5.97. The summed E-state index contributed by atoms with van der Waals surface area (Å²) in [4.78, 5) is 0. The highest BCUT2D eigenvalue weighted by Gasteiger charge is 2.30. The zero-order valence-corrected chi connectivity index (χ0v) is 13.5. The summed E-state index contributed by atoms with van der Waals surface area (Å²) >= 11 is 0. The Morgan fingerprint density at radius 3 is 2.38 bits per heavy atom. The Morgan fingerprint density at radius 2 is 1.73 bits per heavy atom. The van der Waals surface area contributed by atoms with Crippen molar-refractivity contribution in [3.8, 4) is 16.9 Å². The number of phenolic OH excluding ortho intramolecular Hbond substituents is 1. The molecule has 4 rings (SSSR count). The fourth-order valence-electron chi connectivity index (χ4n) is 3.14. The van der Waals surface area contributed by atoms with E-state index in [1.807, 2.05) is 0 Å². The van der Waals surface area contributed by atoms with Gasteiger partial charge >= 0.3 is 6.18 Å². The summed E-state index contributed by atoms with van der Waals surface area (Å²) in [6.07, 6.45) is -4.42. The average molecular weight is 358 g/mol. The van der Waals surface area contributed by atoms with Crippen molar-refractivity contribution in [3.63, 3.8) is 0 Å². The number of nitrogens with zero attached hydrogens (tertiary/aromatic N) is 3. The molecule has 0 spiro atoms. The molecule has 26 heavy (non-hydrogen) atoms. The number of benzene rings is 2. The lowest BCUT2D eigenvalue weighted by molar-refractivity contribution is -0.137. The summed E-state index contributed by atoms with van der Waals surface area (Å²) in [5.74, 6) is 0.636. The molecule has 0 atom stereocenters. The van der Waals surface area contributed by atoms with Gasteiger partial charge in [-0.2, -0.15) is 13.2 Å². The third kappa shape index (κ3) is 2.33. The first-order valence-corrected chi connectivity index (χ1v) is 7.71. The van der Waals surface area contributed by atoms with Crippen molar-refractivity contribution in [2.75, 3.05) is 5.73 Å². The molecule has 132 valence electrons. The van der Waals surface area contributed by atoms with Gasteiger partial charge in [-0.1, -0.05) is 12.1 Å². The number of anilines is 1. The predicted molar refractivity (Wildman–Crippen MR) is 91.7 cm³/mol. The van der Waals surface area contributed by atoms with Gasteiger partial charge in [0.25, 0.3) is 0 Å². The van der Waals surface area contributed by atoms with Crippen LogP contribution in [0.1, 0.15) is 11.4 Å². The molecule has 2 heterocycles. The van der Waals surface area contributed by atoms with E-state index in [1.165, 1.54) is 24.3 Å². The topological polar surface area (TPSA) is 76.4 Å². The Balaban J connectivity index is 2.08. The maximum absolute atomic E-state index is 12.8. The van der Waals surface area contributed by atoms with E-state index in [9.17, 15) is 18.3 Å². The van der Waals surface area contributed by atoms with Crippen molar-refractivity contribution in [2.45, 2.75) is 13.1 Å². The fourth-order valence-corrected chi connectivity index (χ4v) is 3.14. The Hall–Kier alpha value is -3.29. The van der Waals surface area contributed by atoms with E-state index in [1.54, 1.807) is 17.4 Å². The van der Waals surface area contributed by atoms with Gasteiger partial charge in [-0.3, -0.25) is 4.40 Å². The van der Waals surface area contributed by atoms with Crippen molar-refractivity contribution in [1.82, 2.24) is 14.6 Å². The lowest BCUT2D eigenvalue weighted by atomic mass is 9.98. The van der Waals surface area contributed by atoms with E-state index < -0.39 is 11.7 Å². The van der Waals surface area contributed by atoms with Crippen LogP contribution in [0.2, 0.25) is 0 Å². The van der Waals surface area contributed by atoms with Crippen molar-refractivity contribution in [1.29, 1.82) is 0 Å². The Morgan fingerprint density at radius 1 is 1.04 bits per heavy atom. The summed E-state index contributed by atoms with van der Waals surface area (Å²) in [5.41, 5.74) is 7.92. The quantitative estimate of drug-likeness (QED) is 0.536. The molecule has 3 N–H and O–H groups in total. The minimum Gasteiger partial charge on any atom is -0.508 e. The number of nitrogens with two attached hydrogens (primary N) is 1. The molecule has 0 unspecified atom stereocenters. The van der Waals surface area contributed by atoms with Crippen molar-refractivity contribution < 1.29 is 18.3 Å². The Labute approximate surface area is 145 Å². The summed E-state index contributed by atoms with van der Waals surface area (Å²) in [6.45, 7) is 1.77. The summed E-state index contributed by atoms with van der Waals surface area (Å²) < 4.78 is 40.3. The monoisotopic (exact) mass is 358 g/mol. The van der Waals surface area contributed by atoms with Crippen LogP contribution < -0.4 is 5.73 Å². The van der Waals surface area contributed by atoms with Crippen LogP contribution in [0, 0.1) is 6.92 Å². The minimum atomic E-state index is -4.42. The Bertz CT molecular complexity index is 1150. The van der Waals surface area contributed by atoms with Gasteiger partial charge < -0.3 is 10.8 Å². The number of hydrogen-bond acceptors (Lipinski definition) is 4. The number of rotatable bonds is 1. The van der Waals surface area contributed by atoms with Crippen molar-refractivity contribution >= 4 is 22.2 Å². The highest BCUT2D eigenvalue weighted by Crippen LogP contribution is 2.39. The van der Waals surface area contributed by atoms with Gasteiger partial charge in [0.05, 0.1) is 16.8 Å². The molecule has 0 saturated heterocycles. The Kier molecular flexibility index (Phi) is 3.33. The first-order chi connectivity index (χ1) is 12.3. The molecular weight excluding hydrogens is 345 g/mol. The van der Waals surface area contributed by atoms with Crippen molar-refractivity contribution in [3.05, 3.63) is 53.9 Å². The summed E-state index contributed by atoms with van der Waals surface area (Å²) in [7, 11) is 0. The van der Waals surface area contributed by atoms with Crippen LogP contribution >= 0.6 is 0 Å². The van der Waals surface area contributed by atoms with Gasteiger partial charge in [-0.25, -0.2) is 0 Å². The first kappa shape index (κ1) is 16.2.